The Kier molecular flexibility index (Phi) is 4.47. The minimum absolute atomic E-state index is 0.0542. The molecule has 0 bridgehead atoms. The molecule has 0 aliphatic carbocycles. The molecule has 2 unspecified atom stereocenters. The third-order valence-corrected chi connectivity index (χ3v) is 3.36. The maximum absolute atomic E-state index is 11.5. The Balaban J connectivity index is 2.55. The second kappa shape index (κ2) is 5.42. The molecule has 1 fully saturated rings. The minimum atomic E-state index is -0.0906. The van der Waals surface area contributed by atoms with E-state index in [1.807, 2.05) is 6.92 Å². The van der Waals surface area contributed by atoms with Crippen molar-refractivity contribution < 1.29 is 4.79 Å². The van der Waals surface area contributed by atoms with Crippen molar-refractivity contribution >= 4 is 23.1 Å². The van der Waals surface area contributed by atoms with E-state index in [1.54, 1.807) is 7.05 Å². The summed E-state index contributed by atoms with van der Waals surface area (Å²) >= 11 is 5.00. The number of piperidine rings is 1. The molecule has 0 aromatic rings. The summed E-state index contributed by atoms with van der Waals surface area (Å²) in [7, 11) is 1.66. The van der Waals surface area contributed by atoms with E-state index in [0.717, 1.165) is 25.9 Å². The van der Waals surface area contributed by atoms with Crippen molar-refractivity contribution in [3.8, 4) is 0 Å². The van der Waals surface area contributed by atoms with Gasteiger partial charge >= 0.3 is 0 Å². The normalized spacial score (nSPS) is 24.5. The first-order valence-electron chi connectivity index (χ1n) is 5.31. The first-order valence-corrected chi connectivity index (χ1v) is 5.72. The Morgan fingerprint density at radius 3 is 2.87 bits per heavy atom. The molecule has 0 radical (unpaired) electrons. The number of hydrogen-bond acceptors (Lipinski definition) is 3. The third kappa shape index (κ3) is 3.14. The van der Waals surface area contributed by atoms with Crippen LogP contribution in [0.3, 0.4) is 0 Å². The number of likely N-dealkylation sites (tertiary alicyclic amines) is 1. The van der Waals surface area contributed by atoms with Crippen molar-refractivity contribution in [1.29, 1.82) is 0 Å². The van der Waals surface area contributed by atoms with Gasteiger partial charge in [-0.15, -0.1) is 0 Å². The van der Waals surface area contributed by atoms with Crippen molar-refractivity contribution in [2.75, 3.05) is 20.1 Å². The largest absolute Gasteiger partial charge is 0.393 e. The molecule has 2 atom stereocenters. The quantitative estimate of drug-likeness (QED) is 0.675. The highest BCUT2D eigenvalue weighted by molar-refractivity contribution is 7.80. The van der Waals surface area contributed by atoms with E-state index >= 15 is 0 Å². The van der Waals surface area contributed by atoms with Gasteiger partial charge in [-0.2, -0.15) is 0 Å². The molecule has 86 valence electrons. The molecular formula is C10H19N3OS. The van der Waals surface area contributed by atoms with Gasteiger partial charge in [0.1, 0.15) is 0 Å². The highest BCUT2D eigenvalue weighted by atomic mass is 32.1. The van der Waals surface area contributed by atoms with Crippen LogP contribution in [0.1, 0.15) is 19.8 Å². The first kappa shape index (κ1) is 12.4. The lowest BCUT2D eigenvalue weighted by atomic mass is 9.97. The zero-order chi connectivity index (χ0) is 11.4. The van der Waals surface area contributed by atoms with Crippen molar-refractivity contribution in [1.82, 2.24) is 10.2 Å². The molecule has 1 aliphatic rings. The maximum atomic E-state index is 11.5. The predicted molar refractivity (Wildman–Crippen MR) is 64.6 cm³/mol. The number of likely N-dealkylation sites (N-methyl/N-ethyl adjacent to an activating group) is 1. The van der Waals surface area contributed by atoms with Gasteiger partial charge in [0.2, 0.25) is 5.91 Å². The lowest BCUT2D eigenvalue weighted by molar-refractivity contribution is -0.125. The van der Waals surface area contributed by atoms with Gasteiger partial charge in [-0.25, -0.2) is 0 Å². The van der Waals surface area contributed by atoms with Crippen LogP contribution in [0.2, 0.25) is 0 Å². The van der Waals surface area contributed by atoms with Gasteiger partial charge in [0.15, 0.2) is 0 Å². The number of nitrogens with one attached hydrogen (secondary N) is 1. The van der Waals surface area contributed by atoms with E-state index in [-0.39, 0.29) is 17.9 Å². The second-order valence-electron chi connectivity index (χ2n) is 4.03. The highest BCUT2D eigenvalue weighted by Crippen LogP contribution is 2.18. The van der Waals surface area contributed by atoms with Crippen LogP contribution in [0.5, 0.6) is 0 Å². The summed E-state index contributed by atoms with van der Waals surface area (Å²) in [6.07, 6.45) is 2.11. The number of nitrogens with two attached hydrogens (primary N) is 1. The van der Waals surface area contributed by atoms with Crippen molar-refractivity contribution in [3.05, 3.63) is 0 Å². The fourth-order valence-corrected chi connectivity index (χ4v) is 2.16. The highest BCUT2D eigenvalue weighted by Gasteiger charge is 2.27. The van der Waals surface area contributed by atoms with Gasteiger partial charge in [-0.1, -0.05) is 12.2 Å². The molecule has 1 rings (SSSR count). The van der Waals surface area contributed by atoms with E-state index in [0.29, 0.717) is 4.99 Å². The number of nitrogens with zero attached hydrogens (tertiary/aromatic N) is 1. The molecule has 5 heteroatoms. The fraction of sp³-hybridized carbons (Fsp3) is 0.800. The Bertz CT molecular complexity index is 257. The van der Waals surface area contributed by atoms with Crippen LogP contribution in [0.4, 0.5) is 0 Å². The first-order chi connectivity index (χ1) is 7.06. The zero-order valence-corrected chi connectivity index (χ0v) is 10.1. The van der Waals surface area contributed by atoms with Crippen LogP contribution in [0, 0.1) is 5.92 Å². The summed E-state index contributed by atoms with van der Waals surface area (Å²) in [4.78, 5) is 14.2. The summed E-state index contributed by atoms with van der Waals surface area (Å²) in [6.45, 7) is 3.68. The van der Waals surface area contributed by atoms with E-state index < -0.39 is 0 Å². The Labute approximate surface area is 96.2 Å². The molecule has 1 aliphatic heterocycles. The third-order valence-electron chi connectivity index (χ3n) is 3.03. The number of rotatable bonds is 3. The van der Waals surface area contributed by atoms with Crippen LogP contribution in [-0.4, -0.2) is 42.0 Å². The number of thiocarbonyl (C=S) groups is 1. The lowest BCUT2D eigenvalue weighted by Crippen LogP contribution is -2.50. The molecule has 0 spiro atoms. The second-order valence-corrected chi connectivity index (χ2v) is 4.50. The number of carbonyl (C=O) groups is 1. The SMILES string of the molecule is CNC(=O)C(C)N1CCCC(C(N)=S)C1. The molecular weight excluding hydrogens is 210 g/mol. The summed E-state index contributed by atoms with van der Waals surface area (Å²) in [5.74, 6) is 0.319. The number of amides is 1. The number of hydrogen-bond donors (Lipinski definition) is 2. The smallest absolute Gasteiger partial charge is 0.236 e. The molecule has 15 heavy (non-hydrogen) atoms. The molecule has 1 heterocycles. The molecule has 1 saturated heterocycles. The van der Waals surface area contributed by atoms with Crippen molar-refractivity contribution in [2.45, 2.75) is 25.8 Å². The molecule has 4 nitrogen and oxygen atoms in total. The zero-order valence-electron chi connectivity index (χ0n) is 9.32. The predicted octanol–water partition coefficient (Wildman–Crippen LogP) is 0.119. The molecule has 0 saturated carbocycles. The average Bonchev–Trinajstić information content (AvgIpc) is 2.27. The van der Waals surface area contributed by atoms with Crippen LogP contribution in [0.25, 0.3) is 0 Å². The van der Waals surface area contributed by atoms with Gasteiger partial charge in [-0.05, 0) is 26.3 Å². The fourth-order valence-electron chi connectivity index (χ4n) is 1.97. The minimum Gasteiger partial charge on any atom is -0.393 e. The molecule has 0 aromatic carbocycles. The van der Waals surface area contributed by atoms with Crippen molar-refractivity contribution in [2.24, 2.45) is 11.7 Å². The maximum Gasteiger partial charge on any atom is 0.236 e. The summed E-state index contributed by atoms with van der Waals surface area (Å²) in [5, 5.41) is 2.66. The Morgan fingerprint density at radius 2 is 2.33 bits per heavy atom. The van der Waals surface area contributed by atoms with Crippen molar-refractivity contribution in [3.63, 3.8) is 0 Å². The van der Waals surface area contributed by atoms with E-state index in [2.05, 4.69) is 10.2 Å². The standard InChI is InChI=1S/C10H19N3OS/c1-7(10(14)12-2)13-5-3-4-8(6-13)9(11)15/h7-8H,3-6H2,1-2H3,(H2,11,15)(H,12,14). The summed E-state index contributed by atoms with van der Waals surface area (Å²) in [5.41, 5.74) is 5.64. The Hall–Kier alpha value is -0.680. The summed E-state index contributed by atoms with van der Waals surface area (Å²) in [6, 6.07) is -0.0906. The van der Waals surface area contributed by atoms with E-state index in [4.69, 9.17) is 18.0 Å². The van der Waals surface area contributed by atoms with Crippen LogP contribution in [0.15, 0.2) is 0 Å². The van der Waals surface area contributed by atoms with Gasteiger partial charge in [-0.3, -0.25) is 9.69 Å². The molecule has 0 aromatic heterocycles. The molecule has 3 N–H and O–H groups in total. The average molecular weight is 229 g/mol. The monoisotopic (exact) mass is 229 g/mol. The lowest BCUT2D eigenvalue weighted by Gasteiger charge is -2.35. The van der Waals surface area contributed by atoms with E-state index in [9.17, 15) is 4.79 Å². The van der Waals surface area contributed by atoms with Crippen LogP contribution < -0.4 is 11.1 Å². The van der Waals surface area contributed by atoms with Gasteiger partial charge in [0.05, 0.1) is 11.0 Å². The Morgan fingerprint density at radius 1 is 1.67 bits per heavy atom. The van der Waals surface area contributed by atoms with Gasteiger partial charge in [0, 0.05) is 19.5 Å². The van der Waals surface area contributed by atoms with E-state index in [1.165, 1.54) is 0 Å². The van der Waals surface area contributed by atoms with Crippen LogP contribution >= 0.6 is 12.2 Å². The summed E-state index contributed by atoms with van der Waals surface area (Å²) < 4.78 is 0. The molecule has 1 amide bonds. The number of carbonyl (C=O) groups excluding carboxylic acids is 1. The van der Waals surface area contributed by atoms with Crippen LogP contribution in [-0.2, 0) is 4.79 Å². The van der Waals surface area contributed by atoms with Gasteiger partial charge in [0.25, 0.3) is 0 Å². The topological polar surface area (TPSA) is 58.4 Å². The van der Waals surface area contributed by atoms with Gasteiger partial charge < -0.3 is 11.1 Å².